The van der Waals surface area contributed by atoms with Crippen LogP contribution in [0.25, 0.3) is 0 Å². The zero-order valence-electron chi connectivity index (χ0n) is 16.2. The lowest BCUT2D eigenvalue weighted by atomic mass is 9.88. The molecule has 1 aromatic heterocycles. The number of benzene rings is 1. The minimum atomic E-state index is -0.403. The first-order valence-corrected chi connectivity index (χ1v) is 8.95. The highest BCUT2D eigenvalue weighted by atomic mass is 19.1. The van der Waals surface area contributed by atoms with E-state index in [1.54, 1.807) is 19.1 Å². The van der Waals surface area contributed by atoms with E-state index < -0.39 is 5.97 Å². The second-order valence-electron chi connectivity index (χ2n) is 7.44. The van der Waals surface area contributed by atoms with E-state index in [1.165, 1.54) is 12.1 Å². The van der Waals surface area contributed by atoms with Gasteiger partial charge in [0.2, 0.25) is 0 Å². The fourth-order valence-electron chi connectivity index (χ4n) is 3.46. The molecule has 0 unspecified atom stereocenters. The summed E-state index contributed by atoms with van der Waals surface area (Å²) in [5.74, 6) is -0.659. The van der Waals surface area contributed by atoms with Crippen LogP contribution in [0.5, 0.6) is 0 Å². The Kier molecular flexibility index (Phi) is 6.24. The fourth-order valence-corrected chi connectivity index (χ4v) is 3.46. The Bertz CT molecular complexity index is 770. The van der Waals surface area contributed by atoms with Crippen molar-refractivity contribution in [1.82, 2.24) is 4.57 Å². The maximum Gasteiger partial charge on any atom is 0.340 e. The van der Waals surface area contributed by atoms with Crippen molar-refractivity contribution < 1.29 is 19.0 Å². The molecule has 2 rings (SSSR count). The lowest BCUT2D eigenvalue weighted by Gasteiger charge is -2.24. The molecule has 0 aliphatic heterocycles. The second-order valence-corrected chi connectivity index (χ2v) is 7.44. The molecular formula is C21H28FNO3. The summed E-state index contributed by atoms with van der Waals surface area (Å²) in [6.45, 7) is 10.5. The van der Waals surface area contributed by atoms with Crippen LogP contribution >= 0.6 is 0 Å². The Morgan fingerprint density at radius 2 is 1.85 bits per heavy atom. The molecule has 142 valence electrons. The molecular weight excluding hydrogens is 333 g/mol. The topological polar surface area (TPSA) is 51.5 Å². The van der Waals surface area contributed by atoms with Gasteiger partial charge >= 0.3 is 5.97 Å². The average molecular weight is 361 g/mol. The maximum absolute atomic E-state index is 13.1. The molecule has 5 heteroatoms. The molecule has 0 aliphatic rings. The van der Waals surface area contributed by atoms with Crippen molar-refractivity contribution in [2.45, 2.75) is 59.6 Å². The first-order chi connectivity index (χ1) is 12.2. The Hall–Kier alpha value is -2.14. The summed E-state index contributed by atoms with van der Waals surface area (Å²) in [5, 5.41) is 9.97. The minimum Gasteiger partial charge on any atom is -0.462 e. The van der Waals surface area contributed by atoms with Crippen LogP contribution in [0.15, 0.2) is 24.3 Å². The zero-order valence-corrected chi connectivity index (χ0v) is 16.2. The van der Waals surface area contributed by atoms with E-state index in [0.29, 0.717) is 24.1 Å². The zero-order chi connectivity index (χ0) is 19.5. The largest absolute Gasteiger partial charge is 0.462 e. The lowest BCUT2D eigenvalue weighted by Crippen LogP contribution is -2.21. The van der Waals surface area contributed by atoms with Crippen LogP contribution in [-0.4, -0.2) is 22.2 Å². The van der Waals surface area contributed by atoms with Crippen LogP contribution in [0.4, 0.5) is 4.39 Å². The number of halogens is 1. The molecule has 0 spiro atoms. The predicted octanol–water partition coefficient (Wildman–Crippen LogP) is 4.14. The predicted molar refractivity (Wildman–Crippen MR) is 99.9 cm³/mol. The summed E-state index contributed by atoms with van der Waals surface area (Å²) >= 11 is 0. The van der Waals surface area contributed by atoms with Gasteiger partial charge in [-0.25, -0.2) is 9.18 Å². The number of hydrogen-bond acceptors (Lipinski definition) is 3. The van der Waals surface area contributed by atoms with Gasteiger partial charge in [-0.1, -0.05) is 32.9 Å². The quantitative estimate of drug-likeness (QED) is 0.787. The first-order valence-electron chi connectivity index (χ1n) is 8.95. The van der Waals surface area contributed by atoms with Gasteiger partial charge in [0.15, 0.2) is 0 Å². The number of aryl methyl sites for hydroxylation is 1. The number of ether oxygens (including phenoxy) is 1. The summed E-state index contributed by atoms with van der Waals surface area (Å²) in [6.07, 6.45) is 0.700. The van der Waals surface area contributed by atoms with E-state index in [-0.39, 0.29) is 24.4 Å². The van der Waals surface area contributed by atoms with Crippen LogP contribution < -0.4 is 0 Å². The van der Waals surface area contributed by atoms with Crippen molar-refractivity contribution in [3.8, 4) is 0 Å². The summed E-state index contributed by atoms with van der Waals surface area (Å²) < 4.78 is 20.4. The van der Waals surface area contributed by atoms with Crippen molar-refractivity contribution >= 4 is 5.97 Å². The van der Waals surface area contributed by atoms with Gasteiger partial charge in [-0.05, 0) is 38.0 Å². The number of hydrogen-bond donors (Lipinski definition) is 1. The van der Waals surface area contributed by atoms with Crippen LogP contribution in [-0.2, 0) is 29.7 Å². The number of nitrogens with zero attached hydrogens (tertiary/aromatic N) is 1. The van der Waals surface area contributed by atoms with Gasteiger partial charge in [-0.2, -0.15) is 0 Å². The van der Waals surface area contributed by atoms with Gasteiger partial charge in [0.25, 0.3) is 0 Å². The Labute approximate surface area is 154 Å². The van der Waals surface area contributed by atoms with Crippen LogP contribution in [0.3, 0.4) is 0 Å². The van der Waals surface area contributed by atoms with E-state index >= 15 is 0 Å². The molecule has 0 amide bonds. The van der Waals surface area contributed by atoms with Crippen LogP contribution in [0.2, 0.25) is 0 Å². The molecule has 0 radical (unpaired) electrons. The highest BCUT2D eigenvalue weighted by molar-refractivity contribution is 5.93. The standard InChI is InChI=1S/C21H28FNO3/c1-6-26-20(25)18-14(2)23(19(17(18)13-24)21(3,4)5)12-11-15-7-9-16(22)10-8-15/h7-10,24H,6,11-13H2,1-5H3. The third-order valence-corrected chi connectivity index (χ3v) is 4.51. The van der Waals surface area contributed by atoms with Gasteiger partial charge < -0.3 is 14.4 Å². The van der Waals surface area contributed by atoms with Gasteiger partial charge in [-0.15, -0.1) is 0 Å². The number of aliphatic hydroxyl groups excluding tert-OH is 1. The summed E-state index contributed by atoms with van der Waals surface area (Å²) in [4.78, 5) is 12.5. The second kappa shape index (κ2) is 8.04. The molecule has 0 saturated heterocycles. The summed E-state index contributed by atoms with van der Waals surface area (Å²) in [5.41, 5.74) is 3.58. The van der Waals surface area contributed by atoms with Crippen molar-refractivity contribution in [1.29, 1.82) is 0 Å². The van der Waals surface area contributed by atoms with Crippen LogP contribution in [0, 0.1) is 12.7 Å². The van der Waals surface area contributed by atoms with E-state index in [9.17, 15) is 14.3 Å². The van der Waals surface area contributed by atoms with E-state index in [2.05, 4.69) is 25.3 Å². The molecule has 1 aromatic carbocycles. The van der Waals surface area contributed by atoms with E-state index in [1.807, 2.05) is 6.92 Å². The van der Waals surface area contributed by atoms with Crippen molar-refractivity contribution in [2.24, 2.45) is 0 Å². The average Bonchev–Trinajstić information content (AvgIpc) is 2.86. The molecule has 0 aliphatic carbocycles. The molecule has 0 atom stereocenters. The molecule has 26 heavy (non-hydrogen) atoms. The smallest absolute Gasteiger partial charge is 0.340 e. The Morgan fingerprint density at radius 3 is 2.35 bits per heavy atom. The fraction of sp³-hybridized carbons (Fsp3) is 0.476. The Balaban J connectivity index is 2.48. The normalized spacial score (nSPS) is 11.7. The maximum atomic E-state index is 13.1. The number of esters is 1. The monoisotopic (exact) mass is 361 g/mol. The van der Waals surface area contributed by atoms with Gasteiger partial charge in [0.1, 0.15) is 5.82 Å². The molecule has 1 heterocycles. The highest BCUT2D eigenvalue weighted by Crippen LogP contribution is 2.33. The molecule has 0 fully saturated rings. The SMILES string of the molecule is CCOC(=O)c1c(CO)c(C(C)(C)C)n(CCc2ccc(F)cc2)c1C. The molecule has 0 bridgehead atoms. The number of aromatic nitrogens is 1. The third kappa shape index (κ3) is 4.15. The highest BCUT2D eigenvalue weighted by Gasteiger charge is 2.31. The molecule has 0 saturated carbocycles. The summed E-state index contributed by atoms with van der Waals surface area (Å²) in [6, 6.07) is 6.44. The van der Waals surface area contributed by atoms with Crippen molar-refractivity contribution in [3.63, 3.8) is 0 Å². The lowest BCUT2D eigenvalue weighted by molar-refractivity contribution is 0.0522. The van der Waals surface area contributed by atoms with E-state index in [4.69, 9.17) is 4.74 Å². The first kappa shape index (κ1) is 20.2. The summed E-state index contributed by atoms with van der Waals surface area (Å²) in [7, 11) is 0. The van der Waals surface area contributed by atoms with Crippen molar-refractivity contribution in [3.05, 3.63) is 58.2 Å². The van der Waals surface area contributed by atoms with Crippen LogP contribution in [0.1, 0.15) is 60.6 Å². The molecule has 1 N–H and O–H groups in total. The molecule has 2 aromatic rings. The van der Waals surface area contributed by atoms with Crippen molar-refractivity contribution in [2.75, 3.05) is 6.61 Å². The number of carbonyl (C=O) groups excluding carboxylic acids is 1. The van der Waals surface area contributed by atoms with Gasteiger partial charge in [-0.3, -0.25) is 0 Å². The number of rotatable bonds is 6. The molecule has 4 nitrogen and oxygen atoms in total. The van der Waals surface area contributed by atoms with Gasteiger partial charge in [0.05, 0.1) is 18.8 Å². The Morgan fingerprint density at radius 1 is 1.23 bits per heavy atom. The number of carbonyl (C=O) groups is 1. The minimum absolute atomic E-state index is 0.217. The van der Waals surface area contributed by atoms with E-state index in [0.717, 1.165) is 17.0 Å². The number of aliphatic hydroxyl groups is 1. The van der Waals surface area contributed by atoms with Gasteiger partial charge in [0, 0.05) is 28.9 Å². The third-order valence-electron chi connectivity index (χ3n) is 4.51.